The van der Waals surface area contributed by atoms with Gasteiger partial charge in [-0.2, -0.15) is 5.10 Å². The van der Waals surface area contributed by atoms with Gasteiger partial charge >= 0.3 is 0 Å². The van der Waals surface area contributed by atoms with Gasteiger partial charge in [0.2, 0.25) is 0 Å². The molecule has 0 saturated carbocycles. The molecule has 0 aromatic carbocycles. The molecule has 1 aromatic heterocycles. The van der Waals surface area contributed by atoms with Crippen molar-refractivity contribution in [3.8, 4) is 0 Å². The van der Waals surface area contributed by atoms with E-state index in [4.69, 9.17) is 0 Å². The van der Waals surface area contributed by atoms with E-state index >= 15 is 0 Å². The molecule has 2 heterocycles. The maximum absolute atomic E-state index is 11.2. The minimum atomic E-state index is -2.97. The average Bonchev–Trinajstić information content (AvgIpc) is 2.81. The number of nitrogens with zero attached hydrogens (tertiary/aromatic N) is 2. The van der Waals surface area contributed by atoms with Crippen molar-refractivity contribution in [3.05, 3.63) is 29.4 Å². The number of sulfone groups is 1. The second-order valence-corrected chi connectivity index (χ2v) is 6.50. The van der Waals surface area contributed by atoms with Crippen molar-refractivity contribution in [1.29, 1.82) is 0 Å². The third-order valence-electron chi connectivity index (χ3n) is 2.68. The van der Waals surface area contributed by atoms with Gasteiger partial charge in [0.1, 0.15) is 0 Å². The molecule has 0 fully saturated rings. The summed E-state index contributed by atoms with van der Waals surface area (Å²) in [5, 5.41) is 8.70. The zero-order valence-corrected chi connectivity index (χ0v) is 10.8. The smallest absolute Gasteiger partial charge is 0.173 e. The van der Waals surface area contributed by atoms with E-state index < -0.39 is 9.84 Å². The minimum Gasteiger partial charge on any atom is -0.305 e. The summed E-state index contributed by atoms with van der Waals surface area (Å²) in [6.45, 7) is 4.77. The van der Waals surface area contributed by atoms with Crippen molar-refractivity contribution in [2.75, 3.05) is 5.75 Å². The molecule has 1 atom stereocenters. The van der Waals surface area contributed by atoms with Crippen LogP contribution < -0.4 is 5.32 Å². The quantitative estimate of drug-likeness (QED) is 0.867. The van der Waals surface area contributed by atoms with Crippen LogP contribution in [0.3, 0.4) is 0 Å². The highest BCUT2D eigenvalue weighted by molar-refractivity contribution is 7.94. The molecule has 1 N–H and O–H groups in total. The number of nitrogens with one attached hydrogen (secondary N) is 1. The summed E-state index contributed by atoms with van der Waals surface area (Å²) in [6, 6.07) is 0.262. The molecule has 0 bridgehead atoms. The van der Waals surface area contributed by atoms with Gasteiger partial charge in [0.15, 0.2) is 9.84 Å². The molecule has 17 heavy (non-hydrogen) atoms. The third-order valence-corrected chi connectivity index (χ3v) is 4.08. The van der Waals surface area contributed by atoms with Gasteiger partial charge in [-0.05, 0) is 13.8 Å². The monoisotopic (exact) mass is 255 g/mol. The summed E-state index contributed by atoms with van der Waals surface area (Å²) >= 11 is 0. The van der Waals surface area contributed by atoms with E-state index in [0.717, 1.165) is 5.56 Å². The Balaban J connectivity index is 1.88. The number of hydrogen-bond donors (Lipinski definition) is 1. The number of aromatic nitrogens is 2. The summed E-state index contributed by atoms with van der Waals surface area (Å²) in [5.41, 5.74) is 1.07. The van der Waals surface area contributed by atoms with Crippen molar-refractivity contribution in [2.24, 2.45) is 0 Å². The Bertz CT molecular complexity index is 517. The van der Waals surface area contributed by atoms with Crippen LogP contribution in [0.1, 0.15) is 25.5 Å². The molecule has 1 aliphatic rings. The summed E-state index contributed by atoms with van der Waals surface area (Å²) < 4.78 is 24.3. The van der Waals surface area contributed by atoms with E-state index in [-0.39, 0.29) is 11.8 Å². The Kier molecular flexibility index (Phi) is 3.35. The van der Waals surface area contributed by atoms with Crippen LogP contribution in [-0.2, 0) is 16.4 Å². The molecule has 0 radical (unpaired) electrons. The standard InChI is InChI=1S/C11H17N3O2S/c1-9(2)14-7-10(6-13-14)5-12-11-3-4-17(15,16)8-11/h3-4,6-7,9,11-12H,5,8H2,1-2H3. The zero-order chi connectivity index (χ0) is 12.5. The number of hydrogen-bond acceptors (Lipinski definition) is 4. The first-order valence-electron chi connectivity index (χ1n) is 5.64. The largest absolute Gasteiger partial charge is 0.305 e. The Hall–Kier alpha value is -1.14. The summed E-state index contributed by atoms with van der Waals surface area (Å²) in [6.07, 6.45) is 5.48. The maximum Gasteiger partial charge on any atom is 0.173 e. The van der Waals surface area contributed by atoms with Crippen LogP contribution in [-0.4, -0.2) is 30.0 Å². The van der Waals surface area contributed by atoms with E-state index in [1.54, 1.807) is 12.3 Å². The van der Waals surface area contributed by atoms with E-state index in [0.29, 0.717) is 12.6 Å². The lowest BCUT2D eigenvalue weighted by Gasteiger charge is -2.08. The van der Waals surface area contributed by atoms with Crippen LogP contribution in [0.25, 0.3) is 0 Å². The molecule has 0 saturated heterocycles. The fourth-order valence-electron chi connectivity index (χ4n) is 1.70. The van der Waals surface area contributed by atoms with Gasteiger partial charge in [-0.3, -0.25) is 4.68 Å². The summed E-state index contributed by atoms with van der Waals surface area (Å²) in [4.78, 5) is 0. The molecular formula is C11H17N3O2S. The van der Waals surface area contributed by atoms with Crippen molar-refractivity contribution in [2.45, 2.75) is 32.5 Å². The van der Waals surface area contributed by atoms with Crippen molar-refractivity contribution in [3.63, 3.8) is 0 Å². The molecule has 6 heteroatoms. The molecule has 1 aromatic rings. The van der Waals surface area contributed by atoms with Crippen molar-refractivity contribution < 1.29 is 8.42 Å². The van der Waals surface area contributed by atoms with E-state index in [1.165, 1.54) is 5.41 Å². The SMILES string of the molecule is CC(C)n1cc(CNC2C=CS(=O)(=O)C2)cn1. The molecule has 2 rings (SSSR count). The predicted molar refractivity (Wildman–Crippen MR) is 66.2 cm³/mol. The lowest BCUT2D eigenvalue weighted by Crippen LogP contribution is -2.29. The second kappa shape index (κ2) is 4.62. The van der Waals surface area contributed by atoms with Crippen LogP contribution in [0, 0.1) is 0 Å². The van der Waals surface area contributed by atoms with Gasteiger partial charge in [-0.25, -0.2) is 8.42 Å². The highest BCUT2D eigenvalue weighted by Crippen LogP contribution is 2.09. The zero-order valence-electron chi connectivity index (χ0n) is 10.00. The fourth-order valence-corrected chi connectivity index (χ4v) is 2.97. The first-order chi connectivity index (χ1) is 7.96. The van der Waals surface area contributed by atoms with Gasteiger partial charge in [-0.1, -0.05) is 6.08 Å². The minimum absolute atomic E-state index is 0.0811. The fraction of sp³-hybridized carbons (Fsp3) is 0.545. The normalized spacial score (nSPS) is 22.4. The molecule has 0 amide bonds. The van der Waals surface area contributed by atoms with Crippen molar-refractivity contribution >= 4 is 9.84 Å². The topological polar surface area (TPSA) is 64.0 Å². The van der Waals surface area contributed by atoms with E-state index in [2.05, 4.69) is 24.3 Å². The highest BCUT2D eigenvalue weighted by atomic mass is 32.2. The molecular weight excluding hydrogens is 238 g/mol. The van der Waals surface area contributed by atoms with Gasteiger partial charge in [0, 0.05) is 35.8 Å². The number of rotatable bonds is 4. The van der Waals surface area contributed by atoms with Gasteiger partial charge < -0.3 is 5.32 Å². The van der Waals surface area contributed by atoms with Crippen LogP contribution >= 0.6 is 0 Å². The van der Waals surface area contributed by atoms with Crippen LogP contribution in [0.2, 0.25) is 0 Å². The van der Waals surface area contributed by atoms with Gasteiger partial charge in [-0.15, -0.1) is 0 Å². The lowest BCUT2D eigenvalue weighted by atomic mass is 10.3. The summed E-state index contributed by atoms with van der Waals surface area (Å²) in [5.74, 6) is 0.158. The van der Waals surface area contributed by atoms with E-state index in [1.807, 2.05) is 10.9 Å². The molecule has 94 valence electrons. The third kappa shape index (κ3) is 3.17. The Labute approximate surface area is 101 Å². The lowest BCUT2D eigenvalue weighted by molar-refractivity contribution is 0.531. The average molecular weight is 255 g/mol. The first-order valence-corrected chi connectivity index (χ1v) is 7.35. The van der Waals surface area contributed by atoms with Crippen LogP contribution in [0.4, 0.5) is 0 Å². The maximum atomic E-state index is 11.2. The summed E-state index contributed by atoms with van der Waals surface area (Å²) in [7, 11) is -2.97. The highest BCUT2D eigenvalue weighted by Gasteiger charge is 2.20. The van der Waals surface area contributed by atoms with Crippen molar-refractivity contribution in [1.82, 2.24) is 15.1 Å². The predicted octanol–water partition coefficient (Wildman–Crippen LogP) is 0.864. The molecule has 5 nitrogen and oxygen atoms in total. The van der Waals surface area contributed by atoms with Gasteiger partial charge in [0.25, 0.3) is 0 Å². The molecule has 1 unspecified atom stereocenters. The Morgan fingerprint density at radius 2 is 2.35 bits per heavy atom. The van der Waals surface area contributed by atoms with Crippen LogP contribution in [0.5, 0.6) is 0 Å². The first kappa shape index (κ1) is 12.3. The Morgan fingerprint density at radius 1 is 1.59 bits per heavy atom. The molecule has 1 aliphatic heterocycles. The van der Waals surface area contributed by atoms with Gasteiger partial charge in [0.05, 0.1) is 11.9 Å². The van der Waals surface area contributed by atoms with Crippen LogP contribution in [0.15, 0.2) is 23.9 Å². The Morgan fingerprint density at radius 3 is 2.88 bits per heavy atom. The molecule has 0 aliphatic carbocycles. The second-order valence-electron chi connectivity index (χ2n) is 4.57. The van der Waals surface area contributed by atoms with E-state index in [9.17, 15) is 8.42 Å². The molecule has 0 spiro atoms.